The van der Waals surface area contributed by atoms with E-state index in [1.54, 1.807) is 26.4 Å². The summed E-state index contributed by atoms with van der Waals surface area (Å²) >= 11 is 0. The minimum absolute atomic E-state index is 0.606. The highest BCUT2D eigenvalue weighted by Gasteiger charge is 2.14. The van der Waals surface area contributed by atoms with E-state index in [0.29, 0.717) is 11.5 Å². The van der Waals surface area contributed by atoms with Crippen LogP contribution in [0.15, 0.2) is 72.8 Å². The predicted molar refractivity (Wildman–Crippen MR) is 95.5 cm³/mol. The molecule has 0 spiro atoms. The first-order chi connectivity index (χ1) is 11.7. The smallest absolute Gasteiger partial charge is 0.161 e. The standard InChI is InChI=1S/C21H20O3/c1-23-19-13-12-18(14-20(19)24-2)21(22)17-10-8-16(9-11-17)15-6-4-3-5-7-15/h3-14,21-22H,1-2H3. The summed E-state index contributed by atoms with van der Waals surface area (Å²) in [7, 11) is 3.18. The van der Waals surface area contributed by atoms with E-state index in [0.717, 1.165) is 22.3 Å². The van der Waals surface area contributed by atoms with Crippen molar-refractivity contribution in [2.45, 2.75) is 6.10 Å². The third-order valence-corrected chi connectivity index (χ3v) is 4.06. The number of aliphatic hydroxyl groups excluding tert-OH is 1. The van der Waals surface area contributed by atoms with Gasteiger partial charge in [-0.2, -0.15) is 0 Å². The van der Waals surface area contributed by atoms with E-state index in [2.05, 4.69) is 12.1 Å². The summed E-state index contributed by atoms with van der Waals surface area (Å²) in [6.07, 6.45) is -0.713. The molecule has 0 radical (unpaired) electrons. The molecule has 3 aromatic carbocycles. The lowest BCUT2D eigenvalue weighted by molar-refractivity contribution is 0.219. The number of benzene rings is 3. The van der Waals surface area contributed by atoms with Gasteiger partial charge in [0.1, 0.15) is 6.10 Å². The van der Waals surface area contributed by atoms with Crippen molar-refractivity contribution in [1.29, 1.82) is 0 Å². The zero-order valence-electron chi connectivity index (χ0n) is 13.8. The highest BCUT2D eigenvalue weighted by atomic mass is 16.5. The normalized spacial score (nSPS) is 11.8. The number of methoxy groups -OCH3 is 2. The number of hydrogen-bond acceptors (Lipinski definition) is 3. The van der Waals surface area contributed by atoms with E-state index in [-0.39, 0.29) is 0 Å². The number of ether oxygens (including phenoxy) is 2. The van der Waals surface area contributed by atoms with Crippen LogP contribution in [0.25, 0.3) is 11.1 Å². The molecule has 0 aromatic heterocycles. The molecule has 1 N–H and O–H groups in total. The summed E-state index contributed by atoms with van der Waals surface area (Å²) in [6.45, 7) is 0. The van der Waals surface area contributed by atoms with E-state index in [4.69, 9.17) is 9.47 Å². The Morgan fingerprint density at radius 1 is 0.667 bits per heavy atom. The largest absolute Gasteiger partial charge is 0.493 e. The van der Waals surface area contributed by atoms with E-state index in [9.17, 15) is 5.11 Å². The van der Waals surface area contributed by atoms with Gasteiger partial charge in [-0.25, -0.2) is 0 Å². The molecule has 24 heavy (non-hydrogen) atoms. The second-order valence-electron chi connectivity index (χ2n) is 5.50. The summed E-state index contributed by atoms with van der Waals surface area (Å²) in [5.41, 5.74) is 3.88. The second kappa shape index (κ2) is 7.20. The first-order valence-electron chi connectivity index (χ1n) is 7.78. The van der Waals surface area contributed by atoms with Crippen molar-refractivity contribution in [2.75, 3.05) is 14.2 Å². The van der Waals surface area contributed by atoms with Gasteiger partial charge in [0.05, 0.1) is 14.2 Å². The molecule has 3 rings (SSSR count). The van der Waals surface area contributed by atoms with Crippen molar-refractivity contribution in [3.8, 4) is 22.6 Å². The summed E-state index contributed by atoms with van der Waals surface area (Å²) in [5.74, 6) is 1.25. The van der Waals surface area contributed by atoms with Crippen LogP contribution < -0.4 is 9.47 Å². The van der Waals surface area contributed by atoms with Gasteiger partial charge in [-0.15, -0.1) is 0 Å². The fraction of sp³-hybridized carbons (Fsp3) is 0.143. The van der Waals surface area contributed by atoms with Crippen LogP contribution in [0.4, 0.5) is 0 Å². The summed E-state index contributed by atoms with van der Waals surface area (Å²) < 4.78 is 10.5. The fourth-order valence-corrected chi connectivity index (χ4v) is 2.70. The molecule has 3 aromatic rings. The van der Waals surface area contributed by atoms with Crippen LogP contribution in [-0.2, 0) is 0 Å². The highest BCUT2D eigenvalue weighted by molar-refractivity contribution is 5.63. The van der Waals surface area contributed by atoms with E-state index in [1.165, 1.54) is 0 Å². The molecule has 0 heterocycles. The van der Waals surface area contributed by atoms with Gasteiger partial charge in [-0.3, -0.25) is 0 Å². The lowest BCUT2D eigenvalue weighted by Gasteiger charge is -2.15. The fourth-order valence-electron chi connectivity index (χ4n) is 2.70. The minimum Gasteiger partial charge on any atom is -0.493 e. The van der Waals surface area contributed by atoms with Gasteiger partial charge in [0.25, 0.3) is 0 Å². The Bertz CT molecular complexity index is 795. The Hall–Kier alpha value is -2.78. The van der Waals surface area contributed by atoms with Gasteiger partial charge in [-0.1, -0.05) is 60.7 Å². The van der Waals surface area contributed by atoms with Crippen molar-refractivity contribution < 1.29 is 14.6 Å². The second-order valence-corrected chi connectivity index (χ2v) is 5.50. The van der Waals surface area contributed by atoms with Crippen LogP contribution in [0.5, 0.6) is 11.5 Å². The third kappa shape index (κ3) is 3.26. The highest BCUT2D eigenvalue weighted by Crippen LogP contribution is 2.32. The van der Waals surface area contributed by atoms with Gasteiger partial charge in [0, 0.05) is 0 Å². The predicted octanol–water partition coefficient (Wildman–Crippen LogP) is 4.45. The van der Waals surface area contributed by atoms with Crippen LogP contribution >= 0.6 is 0 Å². The van der Waals surface area contributed by atoms with E-state index in [1.807, 2.05) is 48.5 Å². The maximum absolute atomic E-state index is 10.6. The summed E-state index contributed by atoms with van der Waals surface area (Å²) in [6, 6.07) is 23.6. The molecule has 0 aliphatic rings. The Labute approximate surface area is 142 Å². The third-order valence-electron chi connectivity index (χ3n) is 4.06. The van der Waals surface area contributed by atoms with Crippen LogP contribution in [0, 0.1) is 0 Å². The van der Waals surface area contributed by atoms with Crippen molar-refractivity contribution in [3.05, 3.63) is 83.9 Å². The first kappa shape index (κ1) is 16.1. The molecule has 1 unspecified atom stereocenters. The number of hydrogen-bond donors (Lipinski definition) is 1. The molecule has 0 bridgehead atoms. The maximum atomic E-state index is 10.6. The average Bonchev–Trinajstić information content (AvgIpc) is 2.67. The first-order valence-corrected chi connectivity index (χ1v) is 7.78. The summed E-state index contributed by atoms with van der Waals surface area (Å²) in [5, 5.41) is 10.6. The van der Waals surface area contributed by atoms with E-state index >= 15 is 0 Å². The Morgan fingerprint density at radius 3 is 1.88 bits per heavy atom. The van der Waals surface area contributed by atoms with Gasteiger partial charge >= 0.3 is 0 Å². The molecule has 0 fully saturated rings. The van der Waals surface area contributed by atoms with Crippen LogP contribution in [0.3, 0.4) is 0 Å². The van der Waals surface area contributed by atoms with Crippen LogP contribution in [0.1, 0.15) is 17.2 Å². The zero-order chi connectivity index (χ0) is 16.9. The van der Waals surface area contributed by atoms with Crippen molar-refractivity contribution >= 4 is 0 Å². The van der Waals surface area contributed by atoms with Crippen molar-refractivity contribution in [1.82, 2.24) is 0 Å². The topological polar surface area (TPSA) is 38.7 Å². The van der Waals surface area contributed by atoms with Gasteiger partial charge in [0.2, 0.25) is 0 Å². The Balaban J connectivity index is 1.86. The number of rotatable bonds is 5. The molecular weight excluding hydrogens is 300 g/mol. The maximum Gasteiger partial charge on any atom is 0.161 e. The van der Waals surface area contributed by atoms with Crippen LogP contribution in [0.2, 0.25) is 0 Å². The molecule has 1 atom stereocenters. The monoisotopic (exact) mass is 320 g/mol. The quantitative estimate of drug-likeness (QED) is 0.754. The number of aliphatic hydroxyl groups is 1. The molecule has 0 aliphatic heterocycles. The molecular formula is C21H20O3. The lowest BCUT2D eigenvalue weighted by atomic mass is 9.98. The average molecular weight is 320 g/mol. The Kier molecular flexibility index (Phi) is 4.82. The molecule has 0 saturated carbocycles. The molecule has 0 saturated heterocycles. The molecule has 0 amide bonds. The van der Waals surface area contributed by atoms with Crippen LogP contribution in [-0.4, -0.2) is 19.3 Å². The Morgan fingerprint density at radius 2 is 1.25 bits per heavy atom. The summed E-state index contributed by atoms with van der Waals surface area (Å²) in [4.78, 5) is 0. The minimum atomic E-state index is -0.713. The molecule has 3 nitrogen and oxygen atoms in total. The molecule has 122 valence electrons. The molecule has 0 aliphatic carbocycles. The van der Waals surface area contributed by atoms with Gasteiger partial charge < -0.3 is 14.6 Å². The zero-order valence-corrected chi connectivity index (χ0v) is 13.8. The SMILES string of the molecule is COc1ccc(C(O)c2ccc(-c3ccccc3)cc2)cc1OC. The van der Waals surface area contributed by atoms with E-state index < -0.39 is 6.10 Å². The van der Waals surface area contributed by atoms with Crippen molar-refractivity contribution in [3.63, 3.8) is 0 Å². The lowest BCUT2D eigenvalue weighted by Crippen LogP contribution is -2.01. The van der Waals surface area contributed by atoms with Crippen molar-refractivity contribution in [2.24, 2.45) is 0 Å². The van der Waals surface area contributed by atoms with Gasteiger partial charge in [0.15, 0.2) is 11.5 Å². The molecule has 3 heteroatoms. The van der Waals surface area contributed by atoms with Gasteiger partial charge in [-0.05, 0) is 34.4 Å².